The number of halogens is 1. The van der Waals surface area contributed by atoms with Gasteiger partial charge < -0.3 is 20.0 Å². The number of nitrogens with one attached hydrogen (secondary N) is 1. The quantitative estimate of drug-likeness (QED) is 0.860. The molecule has 0 saturated carbocycles. The lowest BCUT2D eigenvalue weighted by molar-refractivity contribution is 0.0597. The van der Waals surface area contributed by atoms with Crippen LogP contribution in [0.1, 0.15) is 32.1 Å². The molecule has 3 fully saturated rings. The van der Waals surface area contributed by atoms with Gasteiger partial charge >= 0.3 is 6.03 Å². The summed E-state index contributed by atoms with van der Waals surface area (Å²) < 4.78 is 0. The highest BCUT2D eigenvalue weighted by atomic mass is 35.5. The highest BCUT2D eigenvalue weighted by Gasteiger charge is 2.33. The summed E-state index contributed by atoms with van der Waals surface area (Å²) in [5, 5.41) is 3.88. The van der Waals surface area contributed by atoms with Gasteiger partial charge in [0, 0.05) is 45.0 Å². The van der Waals surface area contributed by atoms with E-state index >= 15 is 0 Å². The summed E-state index contributed by atoms with van der Waals surface area (Å²) in [6.45, 7) is 6.39. The zero-order valence-electron chi connectivity index (χ0n) is 15.9. The van der Waals surface area contributed by atoms with Crippen LogP contribution in [0, 0.1) is 5.92 Å². The van der Waals surface area contributed by atoms with Gasteiger partial charge in [-0.05, 0) is 56.8 Å². The Balaban J connectivity index is 1.24. The average molecular weight is 392 g/mol. The van der Waals surface area contributed by atoms with Crippen molar-refractivity contribution in [1.82, 2.24) is 20.1 Å². The van der Waals surface area contributed by atoms with Gasteiger partial charge in [0.2, 0.25) is 0 Å². The summed E-state index contributed by atoms with van der Waals surface area (Å²) in [5.74, 6) is 1.54. The molecule has 4 rings (SSSR count). The zero-order chi connectivity index (χ0) is 18.6. The molecule has 3 saturated heterocycles. The number of hydrogen-bond acceptors (Lipinski definition) is 4. The van der Waals surface area contributed by atoms with E-state index < -0.39 is 0 Å². The van der Waals surface area contributed by atoms with Crippen molar-refractivity contribution in [1.29, 1.82) is 0 Å². The van der Waals surface area contributed by atoms with Gasteiger partial charge in [0.15, 0.2) is 0 Å². The van der Waals surface area contributed by atoms with Crippen LogP contribution in [-0.4, -0.2) is 72.7 Å². The van der Waals surface area contributed by atoms with Gasteiger partial charge in [-0.15, -0.1) is 0 Å². The van der Waals surface area contributed by atoms with Gasteiger partial charge in [0.05, 0.1) is 5.02 Å². The lowest BCUT2D eigenvalue weighted by Crippen LogP contribution is -2.55. The second-order valence-corrected chi connectivity index (χ2v) is 8.43. The molecule has 0 aromatic carbocycles. The minimum Gasteiger partial charge on any atom is -0.353 e. The Bertz CT molecular complexity index is 630. The van der Waals surface area contributed by atoms with Gasteiger partial charge in [-0.25, -0.2) is 9.78 Å². The molecular weight excluding hydrogens is 362 g/mol. The monoisotopic (exact) mass is 391 g/mol. The Labute approximate surface area is 166 Å². The molecule has 1 aromatic rings. The van der Waals surface area contributed by atoms with Crippen molar-refractivity contribution >= 4 is 23.4 Å². The Morgan fingerprint density at radius 1 is 1.07 bits per heavy atom. The van der Waals surface area contributed by atoms with Gasteiger partial charge in [-0.2, -0.15) is 0 Å². The van der Waals surface area contributed by atoms with Crippen molar-refractivity contribution in [2.75, 3.05) is 50.7 Å². The maximum atomic E-state index is 12.6. The third-order valence-electron chi connectivity index (χ3n) is 6.35. The highest BCUT2D eigenvalue weighted by molar-refractivity contribution is 6.30. The van der Waals surface area contributed by atoms with E-state index in [1.807, 2.05) is 17.0 Å². The van der Waals surface area contributed by atoms with Crippen molar-refractivity contribution < 1.29 is 4.79 Å². The molecule has 148 valence electrons. The van der Waals surface area contributed by atoms with E-state index in [2.05, 4.69) is 20.1 Å². The molecule has 0 aliphatic carbocycles. The zero-order valence-corrected chi connectivity index (χ0v) is 16.7. The first kappa shape index (κ1) is 18.8. The topological polar surface area (TPSA) is 51.7 Å². The van der Waals surface area contributed by atoms with Crippen LogP contribution in [-0.2, 0) is 0 Å². The lowest BCUT2D eigenvalue weighted by atomic mass is 9.83. The van der Waals surface area contributed by atoms with E-state index in [9.17, 15) is 4.79 Å². The Kier molecular flexibility index (Phi) is 6.03. The van der Waals surface area contributed by atoms with Crippen LogP contribution in [0.15, 0.2) is 18.3 Å². The van der Waals surface area contributed by atoms with Crippen molar-refractivity contribution in [2.24, 2.45) is 5.92 Å². The van der Waals surface area contributed by atoms with Crippen molar-refractivity contribution in [3.05, 3.63) is 23.4 Å². The molecule has 1 N–H and O–H groups in total. The molecule has 1 aromatic heterocycles. The van der Waals surface area contributed by atoms with E-state index in [4.69, 9.17) is 11.6 Å². The summed E-state index contributed by atoms with van der Waals surface area (Å²) >= 11 is 5.91. The van der Waals surface area contributed by atoms with E-state index in [0.717, 1.165) is 38.5 Å². The minimum absolute atomic E-state index is 0.0895. The number of urea groups is 1. The van der Waals surface area contributed by atoms with E-state index in [1.54, 1.807) is 6.20 Å². The average Bonchev–Trinajstić information content (AvgIpc) is 2.72. The second-order valence-electron chi connectivity index (χ2n) is 8.00. The molecule has 0 unspecified atom stereocenters. The summed E-state index contributed by atoms with van der Waals surface area (Å²) in [5.41, 5.74) is 0. The maximum absolute atomic E-state index is 12.6. The predicted molar refractivity (Wildman–Crippen MR) is 108 cm³/mol. The number of hydrogen-bond donors (Lipinski definition) is 1. The van der Waals surface area contributed by atoms with Crippen LogP contribution in [0.3, 0.4) is 0 Å². The minimum atomic E-state index is 0.0895. The fourth-order valence-electron chi connectivity index (χ4n) is 4.84. The number of nitrogens with zero attached hydrogens (tertiary/aromatic N) is 4. The molecule has 3 aliphatic rings. The van der Waals surface area contributed by atoms with E-state index in [1.165, 1.54) is 45.2 Å². The number of piperazine rings is 1. The molecule has 0 bridgehead atoms. The Morgan fingerprint density at radius 2 is 1.89 bits per heavy atom. The number of carbonyl (C=O) groups excluding carboxylic acids is 1. The van der Waals surface area contributed by atoms with E-state index in [0.29, 0.717) is 17.0 Å². The number of anilines is 1. The molecule has 3 aliphatic heterocycles. The number of aromatic nitrogens is 1. The third kappa shape index (κ3) is 4.49. The van der Waals surface area contributed by atoms with Gasteiger partial charge in [-0.1, -0.05) is 18.0 Å². The highest BCUT2D eigenvalue weighted by Crippen LogP contribution is 2.30. The molecule has 6 nitrogen and oxygen atoms in total. The summed E-state index contributed by atoms with van der Waals surface area (Å²) in [6, 6.07) is 4.57. The third-order valence-corrected chi connectivity index (χ3v) is 6.57. The molecule has 2 amide bonds. The SMILES string of the molecule is O=C(NC[C@@H]1CCCN2CCCC[C@H]12)N1CCN(c2ccc(Cl)cn2)CC1. The Hall–Kier alpha value is -1.53. The van der Waals surface area contributed by atoms with E-state index in [-0.39, 0.29) is 6.03 Å². The predicted octanol–water partition coefficient (Wildman–Crippen LogP) is 2.83. The first-order chi connectivity index (χ1) is 13.2. The van der Waals surface area contributed by atoms with Crippen LogP contribution in [0.5, 0.6) is 0 Å². The maximum Gasteiger partial charge on any atom is 0.317 e. The normalized spacial score (nSPS) is 26.6. The number of piperidine rings is 2. The largest absolute Gasteiger partial charge is 0.353 e. The van der Waals surface area contributed by atoms with Crippen LogP contribution in [0.4, 0.5) is 10.6 Å². The number of amides is 2. The van der Waals surface area contributed by atoms with Crippen LogP contribution in [0.25, 0.3) is 0 Å². The number of pyridine rings is 1. The van der Waals surface area contributed by atoms with Crippen molar-refractivity contribution in [3.8, 4) is 0 Å². The fraction of sp³-hybridized carbons (Fsp3) is 0.700. The fourth-order valence-corrected chi connectivity index (χ4v) is 4.95. The standard InChI is InChI=1S/C20H30ClN5O/c21-17-6-7-19(22-15-17)25-10-12-26(13-11-25)20(27)23-14-16-4-3-9-24-8-2-1-5-18(16)24/h6-7,15-16,18H,1-5,8-14H2,(H,23,27)/t16-,18+/m0/s1. The molecular formula is C20H30ClN5O. The molecule has 2 atom stereocenters. The number of carbonyl (C=O) groups is 1. The van der Waals surface area contributed by atoms with Crippen LogP contribution in [0.2, 0.25) is 5.02 Å². The lowest BCUT2D eigenvalue weighted by Gasteiger charge is -2.44. The van der Waals surface area contributed by atoms with Crippen LogP contribution >= 0.6 is 11.6 Å². The number of fused-ring (bicyclic) bond motifs is 1. The molecule has 0 radical (unpaired) electrons. The molecule has 0 spiro atoms. The summed E-state index contributed by atoms with van der Waals surface area (Å²) in [7, 11) is 0. The summed E-state index contributed by atoms with van der Waals surface area (Å²) in [6.07, 6.45) is 8.16. The summed E-state index contributed by atoms with van der Waals surface area (Å²) in [4.78, 5) is 23.8. The van der Waals surface area contributed by atoms with Gasteiger partial charge in [-0.3, -0.25) is 0 Å². The second kappa shape index (κ2) is 8.65. The first-order valence-electron chi connectivity index (χ1n) is 10.3. The molecule has 27 heavy (non-hydrogen) atoms. The molecule has 4 heterocycles. The van der Waals surface area contributed by atoms with Crippen molar-refractivity contribution in [3.63, 3.8) is 0 Å². The number of rotatable bonds is 3. The van der Waals surface area contributed by atoms with Gasteiger partial charge in [0.1, 0.15) is 5.82 Å². The smallest absolute Gasteiger partial charge is 0.317 e. The molecule has 7 heteroatoms. The van der Waals surface area contributed by atoms with Gasteiger partial charge in [0.25, 0.3) is 0 Å². The first-order valence-corrected chi connectivity index (χ1v) is 10.7. The van der Waals surface area contributed by atoms with Crippen molar-refractivity contribution in [2.45, 2.75) is 38.1 Å². The Morgan fingerprint density at radius 3 is 2.67 bits per heavy atom. The van der Waals surface area contributed by atoms with Crippen LogP contribution < -0.4 is 10.2 Å².